The molecule has 1 saturated carbocycles. The van der Waals surface area contributed by atoms with Gasteiger partial charge < -0.3 is 4.74 Å². The van der Waals surface area contributed by atoms with E-state index in [1.165, 1.54) is 12.8 Å². The number of hydrogen-bond acceptors (Lipinski definition) is 2. The Morgan fingerprint density at radius 3 is 2.50 bits per heavy atom. The molecular weight excluding hydrogens is 168 g/mol. The minimum Gasteiger partial charge on any atom is -0.383 e. The molecule has 0 atom stereocenters. The second-order valence-corrected chi connectivity index (χ2v) is 6.15. The maximum absolute atomic E-state index is 5.20. The Bertz CT molecular complexity index is 171. The fourth-order valence-corrected chi connectivity index (χ4v) is 2.96. The van der Waals surface area contributed by atoms with E-state index in [1.807, 2.05) is 17.8 Å². The first-order valence-electron chi connectivity index (χ1n) is 4.36. The molecule has 0 bridgehead atoms. The molecule has 0 aromatic rings. The van der Waals surface area contributed by atoms with Crippen molar-refractivity contribution < 1.29 is 4.74 Å². The Hall–Kier alpha value is 0.0500. The van der Waals surface area contributed by atoms with Crippen molar-refractivity contribution >= 4 is 11.8 Å². The van der Waals surface area contributed by atoms with E-state index in [4.69, 9.17) is 4.74 Å². The molecule has 0 radical (unpaired) electrons. The molecule has 1 aliphatic rings. The van der Waals surface area contributed by atoms with Gasteiger partial charge in [-0.3, -0.25) is 0 Å². The molecule has 0 heterocycles. The van der Waals surface area contributed by atoms with Crippen LogP contribution < -0.4 is 0 Å². The van der Waals surface area contributed by atoms with Gasteiger partial charge in [0.25, 0.3) is 0 Å². The zero-order valence-electron chi connectivity index (χ0n) is 8.22. The molecule has 70 valence electrons. The smallest absolute Gasteiger partial charge is 0.0609 e. The SMILES string of the molecule is C=CC(C)(C)SC1(COC)CC1. The van der Waals surface area contributed by atoms with E-state index < -0.39 is 0 Å². The van der Waals surface area contributed by atoms with Crippen LogP contribution in [0.2, 0.25) is 0 Å². The first kappa shape index (κ1) is 10.1. The van der Waals surface area contributed by atoms with E-state index in [2.05, 4.69) is 20.4 Å². The van der Waals surface area contributed by atoms with E-state index in [0.29, 0.717) is 4.75 Å². The van der Waals surface area contributed by atoms with Crippen molar-refractivity contribution in [1.29, 1.82) is 0 Å². The highest BCUT2D eigenvalue weighted by atomic mass is 32.2. The van der Waals surface area contributed by atoms with Crippen LogP contribution >= 0.6 is 11.8 Å². The van der Waals surface area contributed by atoms with Crippen molar-refractivity contribution in [3.63, 3.8) is 0 Å². The van der Waals surface area contributed by atoms with E-state index in [1.54, 1.807) is 7.11 Å². The third-order valence-corrected chi connectivity index (χ3v) is 3.84. The summed E-state index contributed by atoms with van der Waals surface area (Å²) in [5.74, 6) is 0. The van der Waals surface area contributed by atoms with E-state index in [-0.39, 0.29) is 4.75 Å². The molecule has 0 amide bonds. The van der Waals surface area contributed by atoms with E-state index in [9.17, 15) is 0 Å². The van der Waals surface area contributed by atoms with Crippen LogP contribution in [0.5, 0.6) is 0 Å². The van der Waals surface area contributed by atoms with Crippen LogP contribution in [0, 0.1) is 0 Å². The van der Waals surface area contributed by atoms with Gasteiger partial charge in [0.05, 0.1) is 6.61 Å². The van der Waals surface area contributed by atoms with Crippen molar-refractivity contribution in [1.82, 2.24) is 0 Å². The van der Waals surface area contributed by atoms with Crippen molar-refractivity contribution in [2.75, 3.05) is 13.7 Å². The number of hydrogen-bond donors (Lipinski definition) is 0. The fourth-order valence-electron chi connectivity index (χ4n) is 1.28. The standard InChI is InChI=1S/C10H18OS/c1-5-9(2,3)12-10(6-7-10)8-11-4/h5H,1,6-8H2,2-4H3. The van der Waals surface area contributed by atoms with Crippen LogP contribution in [0.1, 0.15) is 26.7 Å². The van der Waals surface area contributed by atoms with Crippen LogP contribution in [0.25, 0.3) is 0 Å². The molecule has 0 unspecified atom stereocenters. The van der Waals surface area contributed by atoms with Crippen molar-refractivity contribution in [2.45, 2.75) is 36.2 Å². The third kappa shape index (κ3) is 2.53. The highest BCUT2D eigenvalue weighted by Gasteiger charge is 2.46. The maximum atomic E-state index is 5.20. The minimum absolute atomic E-state index is 0.190. The number of methoxy groups -OCH3 is 1. The zero-order chi connectivity index (χ0) is 9.24. The first-order chi connectivity index (χ1) is 5.54. The molecule has 0 N–H and O–H groups in total. The Morgan fingerprint density at radius 1 is 1.58 bits per heavy atom. The quantitative estimate of drug-likeness (QED) is 0.611. The summed E-state index contributed by atoms with van der Waals surface area (Å²) < 4.78 is 5.80. The molecule has 0 aromatic carbocycles. The van der Waals surface area contributed by atoms with Crippen molar-refractivity contribution in [3.8, 4) is 0 Å². The van der Waals surface area contributed by atoms with E-state index in [0.717, 1.165) is 6.61 Å². The highest BCUT2D eigenvalue weighted by molar-refractivity contribution is 8.02. The van der Waals surface area contributed by atoms with Crippen molar-refractivity contribution in [2.24, 2.45) is 0 Å². The number of ether oxygens (including phenoxy) is 1. The molecule has 0 aromatic heterocycles. The van der Waals surface area contributed by atoms with Crippen LogP contribution in [0.4, 0.5) is 0 Å². The second-order valence-electron chi connectivity index (χ2n) is 4.03. The lowest BCUT2D eigenvalue weighted by Gasteiger charge is -2.25. The Balaban J connectivity index is 2.44. The van der Waals surface area contributed by atoms with Gasteiger partial charge >= 0.3 is 0 Å². The molecule has 1 rings (SSSR count). The maximum Gasteiger partial charge on any atom is 0.0609 e. The minimum atomic E-state index is 0.190. The van der Waals surface area contributed by atoms with Gasteiger partial charge in [-0.25, -0.2) is 0 Å². The predicted molar refractivity (Wildman–Crippen MR) is 55.7 cm³/mol. The molecule has 0 spiro atoms. The van der Waals surface area contributed by atoms with Gasteiger partial charge in [-0.2, -0.15) is 0 Å². The molecule has 1 aliphatic carbocycles. The van der Waals surface area contributed by atoms with Gasteiger partial charge in [0.1, 0.15) is 0 Å². The van der Waals surface area contributed by atoms with Gasteiger partial charge in [-0.05, 0) is 26.7 Å². The van der Waals surface area contributed by atoms with Crippen LogP contribution in [-0.4, -0.2) is 23.2 Å². The average molecular weight is 186 g/mol. The van der Waals surface area contributed by atoms with Crippen molar-refractivity contribution in [3.05, 3.63) is 12.7 Å². The summed E-state index contributed by atoms with van der Waals surface area (Å²) in [6, 6.07) is 0. The van der Waals surface area contributed by atoms with Gasteiger partial charge in [-0.1, -0.05) is 6.08 Å². The fraction of sp³-hybridized carbons (Fsp3) is 0.800. The molecule has 12 heavy (non-hydrogen) atoms. The van der Waals surface area contributed by atoms with Gasteiger partial charge in [0.2, 0.25) is 0 Å². The summed E-state index contributed by atoms with van der Waals surface area (Å²) in [6.07, 6.45) is 4.61. The molecule has 1 fully saturated rings. The largest absolute Gasteiger partial charge is 0.383 e. The summed E-state index contributed by atoms with van der Waals surface area (Å²) in [6.45, 7) is 9.14. The normalized spacial score (nSPS) is 20.6. The summed E-state index contributed by atoms with van der Waals surface area (Å²) >= 11 is 2.00. The molecule has 0 aliphatic heterocycles. The molecule has 2 heteroatoms. The van der Waals surface area contributed by atoms with Gasteiger partial charge in [0, 0.05) is 16.6 Å². The third-order valence-electron chi connectivity index (χ3n) is 2.19. The monoisotopic (exact) mass is 186 g/mol. The Labute approximate surface area is 79.6 Å². The topological polar surface area (TPSA) is 9.23 Å². The van der Waals surface area contributed by atoms with Crippen LogP contribution in [0.15, 0.2) is 12.7 Å². The average Bonchev–Trinajstić information content (AvgIpc) is 2.69. The summed E-state index contributed by atoms with van der Waals surface area (Å²) in [4.78, 5) is 0. The predicted octanol–water partition coefficient (Wildman–Crippen LogP) is 2.86. The van der Waals surface area contributed by atoms with Gasteiger partial charge in [-0.15, -0.1) is 18.3 Å². The second kappa shape index (κ2) is 3.43. The van der Waals surface area contributed by atoms with Crippen LogP contribution in [0.3, 0.4) is 0 Å². The first-order valence-corrected chi connectivity index (χ1v) is 5.18. The zero-order valence-corrected chi connectivity index (χ0v) is 9.04. The highest BCUT2D eigenvalue weighted by Crippen LogP contribution is 2.53. The summed E-state index contributed by atoms with van der Waals surface area (Å²) in [5.41, 5.74) is 0. The lowest BCUT2D eigenvalue weighted by atomic mass is 10.2. The molecule has 0 saturated heterocycles. The number of rotatable bonds is 5. The summed E-state index contributed by atoms with van der Waals surface area (Å²) in [5, 5.41) is 0. The summed E-state index contributed by atoms with van der Waals surface area (Å²) in [7, 11) is 1.78. The van der Waals surface area contributed by atoms with Crippen LogP contribution in [-0.2, 0) is 4.74 Å². The Morgan fingerprint density at radius 2 is 2.17 bits per heavy atom. The Kier molecular flexibility index (Phi) is 2.89. The lowest BCUT2D eigenvalue weighted by molar-refractivity contribution is 0.194. The van der Waals surface area contributed by atoms with E-state index >= 15 is 0 Å². The lowest BCUT2D eigenvalue weighted by Crippen LogP contribution is -2.21. The number of thioether (sulfide) groups is 1. The molecular formula is C10H18OS. The van der Waals surface area contributed by atoms with Gasteiger partial charge in [0.15, 0.2) is 0 Å². The molecule has 1 nitrogen and oxygen atoms in total.